The number of ether oxygens (including phenoxy) is 1. The van der Waals surface area contributed by atoms with E-state index in [1.54, 1.807) is 0 Å². The maximum absolute atomic E-state index is 6.13. The van der Waals surface area contributed by atoms with Crippen molar-refractivity contribution in [2.45, 2.75) is 6.92 Å². The fourth-order valence-corrected chi connectivity index (χ4v) is 4.06. The summed E-state index contributed by atoms with van der Waals surface area (Å²) < 4.78 is 5.61. The summed E-state index contributed by atoms with van der Waals surface area (Å²) in [6.07, 6.45) is 0. The summed E-state index contributed by atoms with van der Waals surface area (Å²) in [5.74, 6) is 0.854. The topological polar surface area (TPSA) is 34.1 Å². The average molecular weight is 477 g/mol. The van der Waals surface area contributed by atoms with Crippen LogP contribution in [0.2, 0.25) is 5.02 Å². The molecule has 0 spiro atoms. The van der Waals surface area contributed by atoms with Gasteiger partial charge in [-0.3, -0.25) is 0 Å². The van der Waals surface area contributed by atoms with Crippen LogP contribution in [0.15, 0.2) is 115 Å². The normalized spacial score (nSPS) is 10.7. The lowest BCUT2D eigenvalue weighted by atomic mass is 9.99. The molecule has 0 aliphatic heterocycles. The Labute approximate surface area is 211 Å². The minimum atomic E-state index is 0.642. The first-order valence-electron chi connectivity index (χ1n) is 11.6. The van der Waals surface area contributed by atoms with Crippen LogP contribution in [0.4, 0.5) is 11.4 Å². The maximum atomic E-state index is 6.13. The summed E-state index contributed by atoms with van der Waals surface area (Å²) in [5.41, 5.74) is 8.18. The van der Waals surface area contributed by atoms with E-state index in [0.717, 1.165) is 50.8 Å². The van der Waals surface area contributed by atoms with Crippen molar-refractivity contribution in [2.75, 3.05) is 11.9 Å². The first kappa shape index (κ1) is 22.7. The highest BCUT2D eigenvalue weighted by Crippen LogP contribution is 2.32. The Balaban J connectivity index is 1.52. The third kappa shape index (κ3) is 5.53. The summed E-state index contributed by atoms with van der Waals surface area (Å²) in [5, 5.41) is 4.15. The van der Waals surface area contributed by atoms with Gasteiger partial charge in [0.05, 0.1) is 18.0 Å². The molecule has 0 radical (unpaired) electrons. The molecular formula is C31H25ClN2O. The second kappa shape index (κ2) is 10.5. The number of halogens is 1. The van der Waals surface area contributed by atoms with Gasteiger partial charge in [-0.05, 0) is 90.8 Å². The van der Waals surface area contributed by atoms with Gasteiger partial charge in [0.15, 0.2) is 0 Å². The van der Waals surface area contributed by atoms with Crippen molar-refractivity contribution in [3.8, 4) is 39.4 Å². The predicted octanol–water partition coefficient (Wildman–Crippen LogP) is 8.88. The Hall–Kier alpha value is -4.08. The van der Waals surface area contributed by atoms with Crippen molar-refractivity contribution >= 4 is 23.0 Å². The van der Waals surface area contributed by atoms with E-state index < -0.39 is 0 Å². The molecule has 0 bridgehead atoms. The minimum absolute atomic E-state index is 0.642. The predicted molar refractivity (Wildman–Crippen MR) is 146 cm³/mol. The van der Waals surface area contributed by atoms with E-state index >= 15 is 0 Å². The molecule has 0 saturated carbocycles. The summed E-state index contributed by atoms with van der Waals surface area (Å²) >= 11 is 6.13. The van der Waals surface area contributed by atoms with Gasteiger partial charge in [-0.15, -0.1) is 0 Å². The number of nitrogens with one attached hydrogen (secondary N) is 1. The molecule has 172 valence electrons. The largest absolute Gasteiger partial charge is 0.494 e. The lowest BCUT2D eigenvalue weighted by molar-refractivity contribution is 0.340. The lowest BCUT2D eigenvalue weighted by Crippen LogP contribution is -1.93. The van der Waals surface area contributed by atoms with Gasteiger partial charge in [0.25, 0.3) is 0 Å². The summed E-state index contributed by atoms with van der Waals surface area (Å²) in [4.78, 5) is 4.98. The highest BCUT2D eigenvalue weighted by Gasteiger charge is 2.10. The quantitative estimate of drug-likeness (QED) is 0.254. The molecule has 0 unspecified atom stereocenters. The zero-order valence-corrected chi connectivity index (χ0v) is 20.2. The summed E-state index contributed by atoms with van der Waals surface area (Å²) in [7, 11) is 0. The van der Waals surface area contributed by atoms with E-state index in [-0.39, 0.29) is 0 Å². The van der Waals surface area contributed by atoms with Crippen molar-refractivity contribution in [3.63, 3.8) is 0 Å². The van der Waals surface area contributed by atoms with Gasteiger partial charge in [0.2, 0.25) is 0 Å². The fraction of sp³-hybridized carbons (Fsp3) is 0.0645. The van der Waals surface area contributed by atoms with E-state index in [1.807, 2.05) is 61.5 Å². The molecule has 35 heavy (non-hydrogen) atoms. The Kier molecular flexibility index (Phi) is 6.78. The van der Waals surface area contributed by atoms with Crippen LogP contribution in [0.5, 0.6) is 5.75 Å². The van der Waals surface area contributed by atoms with Gasteiger partial charge in [-0.1, -0.05) is 54.1 Å². The van der Waals surface area contributed by atoms with Gasteiger partial charge in [-0.25, -0.2) is 4.98 Å². The number of nitrogens with zero attached hydrogens (tertiary/aromatic N) is 1. The Morgan fingerprint density at radius 1 is 0.629 bits per heavy atom. The highest BCUT2D eigenvalue weighted by atomic mass is 35.5. The van der Waals surface area contributed by atoms with E-state index in [0.29, 0.717) is 11.6 Å². The summed E-state index contributed by atoms with van der Waals surface area (Å²) in [6.45, 7) is 2.63. The average Bonchev–Trinajstić information content (AvgIpc) is 2.90. The third-order valence-electron chi connectivity index (χ3n) is 5.71. The van der Waals surface area contributed by atoms with Crippen molar-refractivity contribution in [2.24, 2.45) is 0 Å². The lowest BCUT2D eigenvalue weighted by Gasteiger charge is -2.12. The number of pyridine rings is 1. The second-order valence-electron chi connectivity index (χ2n) is 8.16. The van der Waals surface area contributed by atoms with E-state index in [1.165, 1.54) is 0 Å². The molecule has 1 aromatic heterocycles. The van der Waals surface area contributed by atoms with Crippen molar-refractivity contribution < 1.29 is 4.74 Å². The van der Waals surface area contributed by atoms with Gasteiger partial charge >= 0.3 is 0 Å². The Morgan fingerprint density at radius 3 is 1.77 bits per heavy atom. The number of hydrogen-bond acceptors (Lipinski definition) is 3. The van der Waals surface area contributed by atoms with Crippen molar-refractivity contribution in [1.29, 1.82) is 0 Å². The molecule has 0 saturated heterocycles. The molecule has 1 N–H and O–H groups in total. The van der Waals surface area contributed by atoms with Gasteiger partial charge < -0.3 is 10.1 Å². The van der Waals surface area contributed by atoms with Crippen LogP contribution < -0.4 is 10.1 Å². The molecule has 3 nitrogen and oxygen atoms in total. The van der Waals surface area contributed by atoms with Crippen LogP contribution in [-0.2, 0) is 0 Å². The van der Waals surface area contributed by atoms with E-state index in [9.17, 15) is 0 Å². The molecule has 0 fully saturated rings. The number of anilines is 2. The number of para-hydroxylation sites is 1. The smallest absolute Gasteiger partial charge is 0.119 e. The molecule has 1 heterocycles. The first-order valence-corrected chi connectivity index (χ1v) is 12.0. The number of benzene rings is 4. The van der Waals surface area contributed by atoms with Crippen LogP contribution in [0.1, 0.15) is 6.92 Å². The minimum Gasteiger partial charge on any atom is -0.494 e. The maximum Gasteiger partial charge on any atom is 0.119 e. The molecule has 0 amide bonds. The highest BCUT2D eigenvalue weighted by molar-refractivity contribution is 6.30. The van der Waals surface area contributed by atoms with Crippen molar-refractivity contribution in [1.82, 2.24) is 4.98 Å². The standard InChI is InChI=1S/C31H25ClN2O/c1-2-35-29-18-12-24(13-19-29)31-21-25(20-30(34-31)23-8-14-26(32)15-9-23)22-10-16-28(17-11-22)33-27-6-4-3-5-7-27/h3-21,33H,2H2,1H3. The number of rotatable bonds is 7. The van der Waals surface area contributed by atoms with Crippen LogP contribution in [0, 0.1) is 0 Å². The molecule has 4 aromatic carbocycles. The Bertz CT molecular complexity index is 1400. The summed E-state index contributed by atoms with van der Waals surface area (Å²) in [6, 6.07) is 38.8. The molecule has 0 atom stereocenters. The van der Waals surface area contributed by atoms with Crippen molar-refractivity contribution in [3.05, 3.63) is 120 Å². The van der Waals surface area contributed by atoms with Crippen LogP contribution >= 0.6 is 11.6 Å². The SMILES string of the molecule is CCOc1ccc(-c2cc(-c3ccc(Nc4ccccc4)cc3)cc(-c3ccc(Cl)cc3)n2)cc1. The molecular weight excluding hydrogens is 452 g/mol. The van der Waals surface area contributed by atoms with Crippen LogP contribution in [-0.4, -0.2) is 11.6 Å². The monoisotopic (exact) mass is 476 g/mol. The van der Waals surface area contributed by atoms with E-state index in [2.05, 4.69) is 66.0 Å². The molecule has 0 aliphatic rings. The van der Waals surface area contributed by atoms with Crippen LogP contribution in [0.3, 0.4) is 0 Å². The molecule has 5 rings (SSSR count). The van der Waals surface area contributed by atoms with Crippen LogP contribution in [0.25, 0.3) is 33.6 Å². The fourth-order valence-electron chi connectivity index (χ4n) is 3.94. The zero-order chi connectivity index (χ0) is 24.0. The molecule has 5 aromatic rings. The zero-order valence-electron chi connectivity index (χ0n) is 19.4. The molecule has 0 aliphatic carbocycles. The Morgan fingerprint density at radius 2 is 1.17 bits per heavy atom. The van der Waals surface area contributed by atoms with Gasteiger partial charge in [0.1, 0.15) is 5.75 Å². The first-order chi connectivity index (χ1) is 17.2. The van der Waals surface area contributed by atoms with Gasteiger partial charge in [0, 0.05) is 27.5 Å². The van der Waals surface area contributed by atoms with E-state index in [4.69, 9.17) is 21.3 Å². The molecule has 4 heteroatoms. The second-order valence-corrected chi connectivity index (χ2v) is 8.60. The number of aromatic nitrogens is 1. The van der Waals surface area contributed by atoms with Gasteiger partial charge in [-0.2, -0.15) is 0 Å². The number of hydrogen-bond donors (Lipinski definition) is 1. The third-order valence-corrected chi connectivity index (χ3v) is 5.96.